The van der Waals surface area contributed by atoms with Crippen molar-refractivity contribution in [2.75, 3.05) is 12.4 Å². The normalized spacial score (nSPS) is 29.2. The van der Waals surface area contributed by atoms with Gasteiger partial charge in [-0.2, -0.15) is 0 Å². The van der Waals surface area contributed by atoms with Gasteiger partial charge in [-0.15, -0.1) is 0 Å². The second-order valence-corrected chi connectivity index (χ2v) is 6.19. The molecule has 4 unspecified atom stereocenters. The van der Waals surface area contributed by atoms with Crippen LogP contribution in [0.1, 0.15) is 43.1 Å². The number of rotatable bonds is 4. The third kappa shape index (κ3) is 2.51. The Kier molecular flexibility index (Phi) is 3.64. The van der Waals surface area contributed by atoms with Crippen molar-refractivity contribution in [2.45, 2.75) is 38.6 Å². The Morgan fingerprint density at radius 1 is 1.45 bits per heavy atom. The molecule has 4 nitrogen and oxygen atoms in total. The maximum atomic E-state index is 11.5. The van der Waals surface area contributed by atoms with Gasteiger partial charge in [0, 0.05) is 17.9 Å². The molecule has 0 amide bonds. The fourth-order valence-electron chi connectivity index (χ4n) is 4.01. The molecular formula is C16H22N2O2. The van der Waals surface area contributed by atoms with Crippen molar-refractivity contribution in [1.82, 2.24) is 4.98 Å². The summed E-state index contributed by atoms with van der Waals surface area (Å²) in [7, 11) is 1.38. The van der Waals surface area contributed by atoms with E-state index in [4.69, 9.17) is 4.74 Å². The monoisotopic (exact) mass is 274 g/mol. The van der Waals surface area contributed by atoms with Crippen LogP contribution in [0.2, 0.25) is 0 Å². The van der Waals surface area contributed by atoms with E-state index >= 15 is 0 Å². The molecule has 0 radical (unpaired) electrons. The van der Waals surface area contributed by atoms with Gasteiger partial charge < -0.3 is 10.1 Å². The van der Waals surface area contributed by atoms with Crippen molar-refractivity contribution < 1.29 is 9.53 Å². The maximum absolute atomic E-state index is 11.5. The van der Waals surface area contributed by atoms with Gasteiger partial charge in [-0.1, -0.05) is 6.42 Å². The summed E-state index contributed by atoms with van der Waals surface area (Å²) in [6, 6.07) is 4.13. The van der Waals surface area contributed by atoms with Crippen LogP contribution in [0.4, 0.5) is 5.69 Å². The third-order valence-corrected chi connectivity index (χ3v) is 4.98. The zero-order valence-electron chi connectivity index (χ0n) is 12.1. The minimum Gasteiger partial charge on any atom is -0.464 e. The van der Waals surface area contributed by atoms with E-state index in [1.54, 1.807) is 12.3 Å². The third-order valence-electron chi connectivity index (χ3n) is 4.98. The Bertz CT molecular complexity index is 503. The number of nitrogens with zero attached hydrogens (tertiary/aromatic N) is 1. The Morgan fingerprint density at radius 2 is 2.30 bits per heavy atom. The molecule has 2 aliphatic rings. The van der Waals surface area contributed by atoms with Crippen LogP contribution in [0.3, 0.4) is 0 Å². The molecule has 0 spiro atoms. The number of nitrogens with one attached hydrogen (secondary N) is 1. The maximum Gasteiger partial charge on any atom is 0.356 e. The topological polar surface area (TPSA) is 51.2 Å². The number of pyridine rings is 1. The van der Waals surface area contributed by atoms with Crippen LogP contribution in [0.5, 0.6) is 0 Å². The van der Waals surface area contributed by atoms with Gasteiger partial charge in [0.25, 0.3) is 0 Å². The van der Waals surface area contributed by atoms with Crippen molar-refractivity contribution >= 4 is 11.7 Å². The number of aromatic nitrogens is 1. The molecule has 2 aliphatic carbocycles. The smallest absolute Gasteiger partial charge is 0.356 e. The van der Waals surface area contributed by atoms with Crippen LogP contribution < -0.4 is 5.32 Å². The van der Waals surface area contributed by atoms with Crippen LogP contribution in [-0.4, -0.2) is 24.1 Å². The molecule has 4 atom stereocenters. The van der Waals surface area contributed by atoms with Crippen molar-refractivity contribution in [3.63, 3.8) is 0 Å². The van der Waals surface area contributed by atoms with Gasteiger partial charge in [0.05, 0.1) is 7.11 Å². The molecule has 0 aliphatic heterocycles. The molecule has 1 aromatic rings. The van der Waals surface area contributed by atoms with E-state index in [0.717, 1.165) is 23.4 Å². The van der Waals surface area contributed by atoms with Crippen molar-refractivity contribution in [1.29, 1.82) is 0 Å². The lowest BCUT2D eigenvalue weighted by molar-refractivity contribution is 0.0594. The second-order valence-electron chi connectivity index (χ2n) is 6.19. The second kappa shape index (κ2) is 5.43. The highest BCUT2D eigenvalue weighted by atomic mass is 16.5. The minimum absolute atomic E-state index is 0.359. The van der Waals surface area contributed by atoms with Crippen LogP contribution in [0.25, 0.3) is 0 Å². The predicted molar refractivity (Wildman–Crippen MR) is 77.6 cm³/mol. The lowest BCUT2D eigenvalue weighted by atomic mass is 9.84. The van der Waals surface area contributed by atoms with Gasteiger partial charge >= 0.3 is 5.97 Å². The van der Waals surface area contributed by atoms with E-state index in [1.165, 1.54) is 32.8 Å². The van der Waals surface area contributed by atoms with E-state index in [1.807, 2.05) is 6.07 Å². The number of carbonyl (C=O) groups is 1. The predicted octanol–water partition coefficient (Wildman–Crippen LogP) is 3.10. The first kappa shape index (κ1) is 13.4. The Morgan fingerprint density at radius 3 is 2.95 bits per heavy atom. The highest BCUT2D eigenvalue weighted by Gasteiger charge is 2.41. The number of anilines is 1. The molecule has 0 saturated heterocycles. The molecule has 2 saturated carbocycles. The zero-order chi connectivity index (χ0) is 14.1. The zero-order valence-corrected chi connectivity index (χ0v) is 12.1. The van der Waals surface area contributed by atoms with Gasteiger partial charge in [0.2, 0.25) is 0 Å². The van der Waals surface area contributed by atoms with Crippen molar-refractivity contribution in [3.8, 4) is 0 Å². The Labute approximate surface area is 119 Å². The molecule has 4 heteroatoms. The average molecular weight is 274 g/mol. The number of hydrogen-bond donors (Lipinski definition) is 1. The quantitative estimate of drug-likeness (QED) is 0.857. The van der Waals surface area contributed by atoms with E-state index < -0.39 is 0 Å². The van der Waals surface area contributed by atoms with E-state index in [2.05, 4.69) is 17.2 Å². The molecule has 108 valence electrons. The molecule has 0 aromatic carbocycles. The van der Waals surface area contributed by atoms with E-state index in [0.29, 0.717) is 11.7 Å². The molecule has 2 fully saturated rings. The van der Waals surface area contributed by atoms with Crippen LogP contribution in [-0.2, 0) is 4.74 Å². The van der Waals surface area contributed by atoms with Crippen LogP contribution in [0.15, 0.2) is 18.3 Å². The molecular weight excluding hydrogens is 252 g/mol. The summed E-state index contributed by atoms with van der Waals surface area (Å²) in [6.45, 7) is 2.25. The summed E-state index contributed by atoms with van der Waals surface area (Å²) in [5, 5.41) is 3.54. The molecule has 1 heterocycles. The lowest BCUT2D eigenvalue weighted by Gasteiger charge is -2.29. The van der Waals surface area contributed by atoms with Crippen LogP contribution >= 0.6 is 0 Å². The SMILES string of the molecule is COC(=O)c1cc(NC(C)C2CC3CCC2C3)ccn1. The first-order valence-corrected chi connectivity index (χ1v) is 7.48. The summed E-state index contributed by atoms with van der Waals surface area (Å²) in [5.74, 6) is 2.23. The first-order chi connectivity index (χ1) is 9.67. The van der Waals surface area contributed by atoms with E-state index in [9.17, 15) is 4.79 Å². The fourth-order valence-corrected chi connectivity index (χ4v) is 4.01. The summed E-state index contributed by atoms with van der Waals surface area (Å²) in [6.07, 6.45) is 7.25. The number of methoxy groups -OCH3 is 1. The number of ether oxygens (including phenoxy) is 1. The van der Waals surface area contributed by atoms with Gasteiger partial charge in [0.1, 0.15) is 5.69 Å². The summed E-state index contributed by atoms with van der Waals surface area (Å²) < 4.78 is 4.71. The molecule has 2 bridgehead atoms. The van der Waals surface area contributed by atoms with Gasteiger partial charge in [-0.3, -0.25) is 0 Å². The number of carbonyl (C=O) groups excluding carboxylic acids is 1. The minimum atomic E-state index is -0.388. The van der Waals surface area contributed by atoms with Gasteiger partial charge in [-0.05, 0) is 56.1 Å². The Hall–Kier alpha value is -1.58. The van der Waals surface area contributed by atoms with Crippen LogP contribution in [0, 0.1) is 17.8 Å². The van der Waals surface area contributed by atoms with Crippen molar-refractivity contribution in [3.05, 3.63) is 24.0 Å². The largest absolute Gasteiger partial charge is 0.464 e. The summed E-state index contributed by atoms with van der Waals surface area (Å²) in [5.41, 5.74) is 1.31. The summed E-state index contributed by atoms with van der Waals surface area (Å²) >= 11 is 0. The number of fused-ring (bicyclic) bond motifs is 2. The summed E-state index contributed by atoms with van der Waals surface area (Å²) in [4.78, 5) is 15.5. The average Bonchev–Trinajstić information content (AvgIpc) is 3.09. The first-order valence-electron chi connectivity index (χ1n) is 7.48. The van der Waals surface area contributed by atoms with Gasteiger partial charge in [0.15, 0.2) is 0 Å². The highest BCUT2D eigenvalue weighted by Crippen LogP contribution is 2.49. The van der Waals surface area contributed by atoms with Gasteiger partial charge in [-0.25, -0.2) is 9.78 Å². The highest BCUT2D eigenvalue weighted by molar-refractivity contribution is 5.88. The van der Waals surface area contributed by atoms with E-state index in [-0.39, 0.29) is 5.97 Å². The van der Waals surface area contributed by atoms with Crippen molar-refractivity contribution in [2.24, 2.45) is 17.8 Å². The molecule has 1 N–H and O–H groups in total. The molecule has 1 aromatic heterocycles. The molecule has 3 rings (SSSR count). The number of hydrogen-bond acceptors (Lipinski definition) is 4. The fraction of sp³-hybridized carbons (Fsp3) is 0.625. The number of esters is 1. The standard InChI is InChI=1S/C16H22N2O2/c1-10(14-8-11-3-4-12(14)7-11)18-13-5-6-17-15(9-13)16(19)20-2/h5-6,9-12,14H,3-4,7-8H2,1-2H3,(H,17,18). The Balaban J connectivity index is 1.67. The molecule has 20 heavy (non-hydrogen) atoms. The lowest BCUT2D eigenvalue weighted by Crippen LogP contribution is -2.30.